The normalized spacial score (nSPS) is 29.7. The molecule has 0 aromatic rings. The third kappa shape index (κ3) is 2.88. The number of carboxylic acid groups (broad SMARTS) is 1. The molecule has 0 spiro atoms. The molecule has 1 amide bonds. The van der Waals surface area contributed by atoms with Crippen LogP contribution in [0.25, 0.3) is 0 Å². The highest BCUT2D eigenvalue weighted by atomic mass is 16.4. The molecule has 1 saturated heterocycles. The topological polar surface area (TPSA) is 60.8 Å². The van der Waals surface area contributed by atoms with Gasteiger partial charge in [0.25, 0.3) is 0 Å². The van der Waals surface area contributed by atoms with E-state index in [1.807, 2.05) is 6.92 Å². The van der Waals surface area contributed by atoms with Crippen LogP contribution < -0.4 is 0 Å². The molecule has 0 bridgehead atoms. The van der Waals surface area contributed by atoms with Gasteiger partial charge in [0, 0.05) is 18.7 Å². The van der Waals surface area contributed by atoms with Crippen molar-refractivity contribution in [1.29, 1.82) is 0 Å². The summed E-state index contributed by atoms with van der Waals surface area (Å²) in [5, 5.41) is 18.0. The van der Waals surface area contributed by atoms with E-state index in [1.54, 1.807) is 4.90 Å². The van der Waals surface area contributed by atoms with E-state index in [0.29, 0.717) is 12.5 Å². The second-order valence-electron chi connectivity index (χ2n) is 5.08. The van der Waals surface area contributed by atoms with Crippen LogP contribution in [0.1, 0.15) is 46.0 Å². The largest absolute Gasteiger partial charge is 0.465 e. The SMILES string of the molecule is CCCC1(C)CC(CCCO)CN1C(=O)O. The van der Waals surface area contributed by atoms with E-state index in [1.165, 1.54) is 0 Å². The maximum atomic E-state index is 11.2. The van der Waals surface area contributed by atoms with Crippen molar-refractivity contribution in [3.63, 3.8) is 0 Å². The molecule has 0 aromatic heterocycles. The lowest BCUT2D eigenvalue weighted by Crippen LogP contribution is -2.44. The number of hydrogen-bond acceptors (Lipinski definition) is 2. The highest BCUT2D eigenvalue weighted by Crippen LogP contribution is 2.38. The lowest BCUT2D eigenvalue weighted by atomic mass is 9.88. The van der Waals surface area contributed by atoms with Gasteiger partial charge in [-0.1, -0.05) is 13.3 Å². The average molecular weight is 229 g/mol. The van der Waals surface area contributed by atoms with Gasteiger partial charge in [-0.05, 0) is 38.5 Å². The Kier molecular flexibility index (Phi) is 4.59. The Morgan fingerprint density at radius 1 is 1.56 bits per heavy atom. The Balaban J connectivity index is 2.64. The van der Waals surface area contributed by atoms with Crippen LogP contribution in [-0.2, 0) is 0 Å². The van der Waals surface area contributed by atoms with Gasteiger partial charge in [0.15, 0.2) is 0 Å². The maximum absolute atomic E-state index is 11.2. The van der Waals surface area contributed by atoms with Crippen molar-refractivity contribution in [3.8, 4) is 0 Å². The number of likely N-dealkylation sites (tertiary alicyclic amines) is 1. The highest BCUT2D eigenvalue weighted by Gasteiger charge is 2.43. The number of aliphatic hydroxyl groups excluding tert-OH is 1. The molecule has 16 heavy (non-hydrogen) atoms. The molecular weight excluding hydrogens is 206 g/mol. The Bertz CT molecular complexity index is 244. The minimum Gasteiger partial charge on any atom is -0.465 e. The molecule has 1 aliphatic rings. The number of amides is 1. The van der Waals surface area contributed by atoms with E-state index >= 15 is 0 Å². The fraction of sp³-hybridized carbons (Fsp3) is 0.917. The number of aliphatic hydroxyl groups is 1. The van der Waals surface area contributed by atoms with Crippen LogP contribution in [0.15, 0.2) is 0 Å². The third-order valence-corrected chi connectivity index (χ3v) is 3.61. The number of hydrogen-bond donors (Lipinski definition) is 2. The first-order chi connectivity index (χ1) is 7.53. The fourth-order valence-electron chi connectivity index (χ4n) is 2.93. The molecule has 1 aliphatic heterocycles. The minimum absolute atomic E-state index is 0.194. The first-order valence-corrected chi connectivity index (χ1v) is 6.15. The van der Waals surface area contributed by atoms with Crippen molar-refractivity contribution in [2.24, 2.45) is 5.92 Å². The molecule has 2 atom stereocenters. The fourth-order valence-corrected chi connectivity index (χ4v) is 2.93. The van der Waals surface area contributed by atoms with E-state index in [0.717, 1.165) is 32.1 Å². The summed E-state index contributed by atoms with van der Waals surface area (Å²) in [5.74, 6) is 0.416. The van der Waals surface area contributed by atoms with Crippen molar-refractivity contribution in [3.05, 3.63) is 0 Å². The first-order valence-electron chi connectivity index (χ1n) is 6.15. The predicted molar refractivity (Wildman–Crippen MR) is 62.5 cm³/mol. The van der Waals surface area contributed by atoms with Gasteiger partial charge in [0.2, 0.25) is 0 Å². The molecule has 4 heteroatoms. The van der Waals surface area contributed by atoms with Gasteiger partial charge in [-0.15, -0.1) is 0 Å². The number of rotatable bonds is 5. The van der Waals surface area contributed by atoms with Gasteiger partial charge in [0.1, 0.15) is 0 Å². The monoisotopic (exact) mass is 229 g/mol. The summed E-state index contributed by atoms with van der Waals surface area (Å²) in [5.41, 5.74) is -0.194. The van der Waals surface area contributed by atoms with Crippen LogP contribution in [0.4, 0.5) is 4.79 Å². The van der Waals surface area contributed by atoms with Gasteiger partial charge in [-0.3, -0.25) is 0 Å². The smallest absolute Gasteiger partial charge is 0.407 e. The second-order valence-corrected chi connectivity index (χ2v) is 5.08. The van der Waals surface area contributed by atoms with Crippen LogP contribution in [0, 0.1) is 5.92 Å². The van der Waals surface area contributed by atoms with E-state index in [2.05, 4.69) is 6.92 Å². The number of carbonyl (C=O) groups is 1. The lowest BCUT2D eigenvalue weighted by molar-refractivity contribution is 0.105. The Hall–Kier alpha value is -0.770. The van der Waals surface area contributed by atoms with Gasteiger partial charge in [-0.2, -0.15) is 0 Å². The Labute approximate surface area is 97.3 Å². The molecule has 2 unspecified atom stereocenters. The van der Waals surface area contributed by atoms with E-state index in [9.17, 15) is 9.90 Å². The summed E-state index contributed by atoms with van der Waals surface area (Å²) in [6.07, 6.45) is 3.78. The standard InChI is InChI=1S/C12H23NO3/c1-3-6-12(2)8-10(5-4-7-14)9-13(12)11(15)16/h10,14H,3-9H2,1-2H3,(H,15,16). The van der Waals surface area contributed by atoms with Crippen molar-refractivity contribution in [1.82, 2.24) is 4.90 Å². The summed E-state index contributed by atoms with van der Waals surface area (Å²) in [6.45, 7) is 4.97. The number of nitrogens with zero attached hydrogens (tertiary/aromatic N) is 1. The molecule has 0 aliphatic carbocycles. The quantitative estimate of drug-likeness (QED) is 0.760. The van der Waals surface area contributed by atoms with E-state index < -0.39 is 6.09 Å². The molecule has 0 saturated carbocycles. The zero-order valence-corrected chi connectivity index (χ0v) is 10.3. The molecule has 1 rings (SSSR count). The van der Waals surface area contributed by atoms with Crippen LogP contribution >= 0.6 is 0 Å². The summed E-state index contributed by atoms with van der Waals surface area (Å²) in [4.78, 5) is 12.8. The summed E-state index contributed by atoms with van der Waals surface area (Å²) in [7, 11) is 0. The van der Waals surface area contributed by atoms with E-state index in [-0.39, 0.29) is 12.1 Å². The van der Waals surface area contributed by atoms with Gasteiger partial charge in [-0.25, -0.2) is 4.79 Å². The van der Waals surface area contributed by atoms with Gasteiger partial charge < -0.3 is 15.1 Å². The molecule has 0 radical (unpaired) electrons. The predicted octanol–water partition coefficient (Wildman–Crippen LogP) is 2.32. The first kappa shape index (κ1) is 13.3. The molecule has 4 nitrogen and oxygen atoms in total. The van der Waals surface area contributed by atoms with Crippen molar-refractivity contribution >= 4 is 6.09 Å². The lowest BCUT2D eigenvalue weighted by Gasteiger charge is -2.32. The average Bonchev–Trinajstić information content (AvgIpc) is 2.53. The molecule has 1 heterocycles. The molecule has 94 valence electrons. The minimum atomic E-state index is -0.803. The Morgan fingerprint density at radius 3 is 2.75 bits per heavy atom. The molecular formula is C12H23NO3. The summed E-state index contributed by atoms with van der Waals surface area (Å²) < 4.78 is 0. The van der Waals surface area contributed by atoms with E-state index in [4.69, 9.17) is 5.11 Å². The summed E-state index contributed by atoms with van der Waals surface area (Å²) >= 11 is 0. The summed E-state index contributed by atoms with van der Waals surface area (Å²) in [6, 6.07) is 0. The van der Waals surface area contributed by atoms with Crippen molar-refractivity contribution in [2.45, 2.75) is 51.5 Å². The zero-order valence-electron chi connectivity index (χ0n) is 10.3. The van der Waals surface area contributed by atoms with Crippen LogP contribution in [-0.4, -0.2) is 39.9 Å². The van der Waals surface area contributed by atoms with Gasteiger partial charge in [0.05, 0.1) is 0 Å². The Morgan fingerprint density at radius 2 is 2.25 bits per heavy atom. The molecule has 1 fully saturated rings. The molecule has 0 aromatic carbocycles. The molecule has 2 N–H and O–H groups in total. The maximum Gasteiger partial charge on any atom is 0.407 e. The zero-order chi connectivity index (χ0) is 12.2. The van der Waals surface area contributed by atoms with Gasteiger partial charge >= 0.3 is 6.09 Å². The van der Waals surface area contributed by atoms with Crippen LogP contribution in [0.5, 0.6) is 0 Å². The van der Waals surface area contributed by atoms with Crippen LogP contribution in [0.2, 0.25) is 0 Å². The second kappa shape index (κ2) is 5.53. The van der Waals surface area contributed by atoms with Crippen LogP contribution in [0.3, 0.4) is 0 Å². The highest BCUT2D eigenvalue weighted by molar-refractivity contribution is 5.66. The van der Waals surface area contributed by atoms with Crippen molar-refractivity contribution in [2.75, 3.05) is 13.2 Å². The van der Waals surface area contributed by atoms with Crippen molar-refractivity contribution < 1.29 is 15.0 Å². The third-order valence-electron chi connectivity index (χ3n) is 3.61.